The highest BCUT2D eigenvalue weighted by atomic mass is 19.4. The molecule has 22 heavy (non-hydrogen) atoms. The van der Waals surface area contributed by atoms with Crippen molar-refractivity contribution in [3.05, 3.63) is 59.7 Å². The summed E-state index contributed by atoms with van der Waals surface area (Å²) in [5, 5.41) is 0. The predicted molar refractivity (Wildman–Crippen MR) is 81.1 cm³/mol. The van der Waals surface area contributed by atoms with E-state index in [9.17, 15) is 13.2 Å². The van der Waals surface area contributed by atoms with Crippen LogP contribution in [0, 0.1) is 5.41 Å². The third-order valence-electron chi connectivity index (χ3n) is 3.03. The fourth-order valence-electron chi connectivity index (χ4n) is 2.20. The molecule has 0 unspecified atom stereocenters. The monoisotopic (exact) mass is 308 g/mol. The molecule has 0 aliphatic rings. The van der Waals surface area contributed by atoms with Crippen molar-refractivity contribution in [3.63, 3.8) is 0 Å². The van der Waals surface area contributed by atoms with E-state index in [-0.39, 0.29) is 11.2 Å². The standard InChI is InChI=1S/C18H19F3O/c1-17(2,3)12-13-6-4-8-15(10-13)22-16-9-5-7-14(11-16)18(19,20)21/h4-11H,12H2,1-3H3. The molecule has 0 heterocycles. The van der Waals surface area contributed by atoms with Gasteiger partial charge in [0.2, 0.25) is 0 Å². The summed E-state index contributed by atoms with van der Waals surface area (Å²) in [4.78, 5) is 0. The number of rotatable bonds is 3. The zero-order chi connectivity index (χ0) is 16.4. The van der Waals surface area contributed by atoms with E-state index < -0.39 is 11.7 Å². The fraction of sp³-hybridized carbons (Fsp3) is 0.333. The smallest absolute Gasteiger partial charge is 0.416 e. The van der Waals surface area contributed by atoms with Crippen LogP contribution in [0.5, 0.6) is 11.5 Å². The molecule has 2 aromatic rings. The van der Waals surface area contributed by atoms with Crippen LogP contribution in [-0.4, -0.2) is 0 Å². The lowest BCUT2D eigenvalue weighted by molar-refractivity contribution is -0.137. The summed E-state index contributed by atoms with van der Waals surface area (Å²) in [6.07, 6.45) is -3.50. The van der Waals surface area contributed by atoms with Gasteiger partial charge >= 0.3 is 6.18 Å². The lowest BCUT2D eigenvalue weighted by Gasteiger charge is -2.18. The van der Waals surface area contributed by atoms with E-state index in [0.29, 0.717) is 5.75 Å². The molecule has 0 spiro atoms. The minimum Gasteiger partial charge on any atom is -0.457 e. The molecule has 0 bridgehead atoms. The molecule has 1 nitrogen and oxygen atoms in total. The van der Waals surface area contributed by atoms with Gasteiger partial charge in [0.1, 0.15) is 11.5 Å². The molecule has 0 radical (unpaired) electrons. The van der Waals surface area contributed by atoms with Crippen molar-refractivity contribution in [1.29, 1.82) is 0 Å². The normalized spacial score (nSPS) is 12.3. The van der Waals surface area contributed by atoms with Crippen molar-refractivity contribution >= 4 is 0 Å². The van der Waals surface area contributed by atoms with Crippen LogP contribution in [0.3, 0.4) is 0 Å². The van der Waals surface area contributed by atoms with Gasteiger partial charge in [-0.2, -0.15) is 13.2 Å². The Hall–Kier alpha value is -1.97. The van der Waals surface area contributed by atoms with Crippen LogP contribution >= 0.6 is 0 Å². The van der Waals surface area contributed by atoms with E-state index in [2.05, 4.69) is 20.8 Å². The molecular weight excluding hydrogens is 289 g/mol. The maximum atomic E-state index is 12.7. The second-order valence-corrected chi connectivity index (χ2v) is 6.51. The largest absolute Gasteiger partial charge is 0.457 e. The summed E-state index contributed by atoms with van der Waals surface area (Å²) in [5.74, 6) is 0.726. The van der Waals surface area contributed by atoms with Gasteiger partial charge in [0, 0.05) is 0 Å². The molecule has 0 aliphatic heterocycles. The Kier molecular flexibility index (Phi) is 4.50. The van der Waals surface area contributed by atoms with Crippen molar-refractivity contribution in [2.24, 2.45) is 5.41 Å². The van der Waals surface area contributed by atoms with Crippen LogP contribution in [0.1, 0.15) is 31.9 Å². The Bertz CT molecular complexity index is 639. The summed E-state index contributed by atoms with van der Waals surface area (Å²) in [6.45, 7) is 6.40. The number of hydrogen-bond donors (Lipinski definition) is 0. The first kappa shape index (κ1) is 16.4. The highest BCUT2D eigenvalue weighted by Crippen LogP contribution is 2.33. The van der Waals surface area contributed by atoms with E-state index in [1.165, 1.54) is 12.1 Å². The van der Waals surface area contributed by atoms with Crippen molar-refractivity contribution in [3.8, 4) is 11.5 Å². The van der Waals surface area contributed by atoms with Gasteiger partial charge in [-0.15, -0.1) is 0 Å². The van der Waals surface area contributed by atoms with Gasteiger partial charge in [0.05, 0.1) is 5.56 Å². The maximum Gasteiger partial charge on any atom is 0.416 e. The number of halogens is 3. The molecule has 0 aromatic heterocycles. The first-order valence-corrected chi connectivity index (χ1v) is 7.08. The zero-order valence-electron chi connectivity index (χ0n) is 12.9. The Labute approximate surface area is 128 Å². The lowest BCUT2D eigenvalue weighted by Crippen LogP contribution is -2.09. The minimum atomic E-state index is -4.37. The number of hydrogen-bond acceptors (Lipinski definition) is 1. The molecule has 0 saturated carbocycles. The van der Waals surface area contributed by atoms with Crippen molar-refractivity contribution < 1.29 is 17.9 Å². The summed E-state index contributed by atoms with van der Waals surface area (Å²) < 4.78 is 43.7. The molecule has 0 saturated heterocycles. The summed E-state index contributed by atoms with van der Waals surface area (Å²) in [5.41, 5.74) is 0.516. The molecular formula is C18H19F3O. The molecule has 2 aromatic carbocycles. The maximum absolute atomic E-state index is 12.7. The lowest BCUT2D eigenvalue weighted by atomic mass is 9.88. The predicted octanol–water partition coefficient (Wildman–Crippen LogP) is 6.09. The topological polar surface area (TPSA) is 9.23 Å². The second-order valence-electron chi connectivity index (χ2n) is 6.51. The van der Waals surface area contributed by atoms with Gasteiger partial charge in [-0.25, -0.2) is 0 Å². The molecule has 4 heteroatoms. The van der Waals surface area contributed by atoms with E-state index in [1.807, 2.05) is 18.2 Å². The third kappa shape index (κ3) is 4.79. The number of benzene rings is 2. The van der Waals surface area contributed by atoms with Crippen molar-refractivity contribution in [2.45, 2.75) is 33.4 Å². The van der Waals surface area contributed by atoms with Crippen LogP contribution in [0.25, 0.3) is 0 Å². The van der Waals surface area contributed by atoms with Crippen molar-refractivity contribution in [1.82, 2.24) is 0 Å². The molecule has 118 valence electrons. The quantitative estimate of drug-likeness (QED) is 0.667. The molecule has 0 atom stereocenters. The first-order valence-electron chi connectivity index (χ1n) is 7.08. The molecule has 0 aliphatic carbocycles. The van der Waals surface area contributed by atoms with Crippen molar-refractivity contribution in [2.75, 3.05) is 0 Å². The average molecular weight is 308 g/mol. The molecule has 0 N–H and O–H groups in total. The number of ether oxygens (including phenoxy) is 1. The first-order chi connectivity index (χ1) is 10.1. The van der Waals surface area contributed by atoms with Gasteiger partial charge in [-0.05, 0) is 47.7 Å². The van der Waals surface area contributed by atoms with Gasteiger partial charge in [0.15, 0.2) is 0 Å². The Balaban J connectivity index is 2.19. The fourth-order valence-corrected chi connectivity index (χ4v) is 2.20. The molecule has 0 amide bonds. The SMILES string of the molecule is CC(C)(C)Cc1cccc(Oc2cccc(C(F)(F)F)c2)c1. The summed E-state index contributed by atoms with van der Waals surface area (Å²) in [7, 11) is 0. The minimum absolute atomic E-state index is 0.134. The summed E-state index contributed by atoms with van der Waals surface area (Å²) >= 11 is 0. The number of alkyl halides is 3. The highest BCUT2D eigenvalue weighted by molar-refractivity contribution is 5.36. The highest BCUT2D eigenvalue weighted by Gasteiger charge is 2.30. The van der Waals surface area contributed by atoms with Crippen LogP contribution in [-0.2, 0) is 12.6 Å². The van der Waals surface area contributed by atoms with Crippen LogP contribution in [0.4, 0.5) is 13.2 Å². The van der Waals surface area contributed by atoms with Gasteiger partial charge in [0.25, 0.3) is 0 Å². The summed E-state index contributed by atoms with van der Waals surface area (Å²) in [6, 6.07) is 12.4. The third-order valence-corrected chi connectivity index (χ3v) is 3.03. The van der Waals surface area contributed by atoms with Crippen LogP contribution < -0.4 is 4.74 Å². The van der Waals surface area contributed by atoms with Crippen LogP contribution in [0.2, 0.25) is 0 Å². The molecule has 2 rings (SSSR count). The van der Waals surface area contributed by atoms with E-state index in [1.54, 1.807) is 6.07 Å². The Morgan fingerprint density at radius 3 is 2.05 bits per heavy atom. The van der Waals surface area contributed by atoms with Crippen LogP contribution in [0.15, 0.2) is 48.5 Å². The Morgan fingerprint density at radius 2 is 1.45 bits per heavy atom. The van der Waals surface area contributed by atoms with E-state index >= 15 is 0 Å². The van der Waals surface area contributed by atoms with E-state index in [0.717, 1.165) is 24.1 Å². The molecule has 0 fully saturated rings. The Morgan fingerprint density at radius 1 is 0.864 bits per heavy atom. The average Bonchev–Trinajstić information content (AvgIpc) is 2.36. The van der Waals surface area contributed by atoms with Gasteiger partial charge < -0.3 is 4.74 Å². The second kappa shape index (κ2) is 6.03. The zero-order valence-corrected chi connectivity index (χ0v) is 12.9. The van der Waals surface area contributed by atoms with Gasteiger partial charge in [-0.3, -0.25) is 0 Å². The van der Waals surface area contributed by atoms with E-state index in [4.69, 9.17) is 4.74 Å². The van der Waals surface area contributed by atoms with Gasteiger partial charge in [-0.1, -0.05) is 39.0 Å².